The van der Waals surface area contributed by atoms with Crippen molar-refractivity contribution in [2.75, 3.05) is 5.32 Å². The number of benzene rings is 3. The van der Waals surface area contributed by atoms with Crippen molar-refractivity contribution in [1.29, 1.82) is 0 Å². The number of hydrogen-bond acceptors (Lipinski definition) is 2. The first-order chi connectivity index (χ1) is 13.6. The number of amides is 2. The maximum absolute atomic E-state index is 12.4. The molecular formula is C23H19ClN2O2. The van der Waals surface area contributed by atoms with Crippen molar-refractivity contribution >= 4 is 35.2 Å². The molecule has 0 unspecified atom stereocenters. The molecule has 3 aromatic carbocycles. The molecule has 0 bridgehead atoms. The van der Waals surface area contributed by atoms with E-state index in [4.69, 9.17) is 11.6 Å². The Kier molecular flexibility index (Phi) is 6.60. The van der Waals surface area contributed by atoms with Crippen molar-refractivity contribution in [2.24, 2.45) is 0 Å². The van der Waals surface area contributed by atoms with Gasteiger partial charge in [0.05, 0.1) is 0 Å². The fourth-order valence-corrected chi connectivity index (χ4v) is 2.78. The minimum atomic E-state index is -0.304. The first-order valence-corrected chi connectivity index (χ1v) is 9.15. The van der Waals surface area contributed by atoms with E-state index in [0.29, 0.717) is 22.8 Å². The number of halogens is 1. The highest BCUT2D eigenvalue weighted by atomic mass is 35.5. The summed E-state index contributed by atoms with van der Waals surface area (Å²) in [6.07, 6.45) is 3.05. The van der Waals surface area contributed by atoms with Crippen LogP contribution >= 0.6 is 11.6 Å². The SMILES string of the molecule is O=C(/C=C/c1ccccc1Cl)Nc1cccc(C(=O)NCc2ccccc2)c1. The van der Waals surface area contributed by atoms with Gasteiger partial charge in [0.25, 0.3) is 5.91 Å². The van der Waals surface area contributed by atoms with E-state index in [-0.39, 0.29) is 11.8 Å². The Labute approximate surface area is 168 Å². The molecule has 0 heterocycles. The Morgan fingerprint density at radius 2 is 1.64 bits per heavy atom. The Morgan fingerprint density at radius 3 is 2.43 bits per heavy atom. The fraction of sp³-hybridized carbons (Fsp3) is 0.0435. The smallest absolute Gasteiger partial charge is 0.251 e. The molecule has 0 aliphatic rings. The minimum absolute atomic E-state index is 0.202. The number of anilines is 1. The molecule has 0 aromatic heterocycles. The van der Waals surface area contributed by atoms with Crippen molar-refractivity contribution in [2.45, 2.75) is 6.54 Å². The Morgan fingerprint density at radius 1 is 0.893 bits per heavy atom. The molecule has 5 heteroatoms. The van der Waals surface area contributed by atoms with E-state index in [1.807, 2.05) is 48.5 Å². The second-order valence-electron chi connectivity index (χ2n) is 6.09. The van der Waals surface area contributed by atoms with E-state index in [2.05, 4.69) is 10.6 Å². The number of rotatable bonds is 6. The van der Waals surface area contributed by atoms with Crippen LogP contribution in [0.25, 0.3) is 6.08 Å². The highest BCUT2D eigenvalue weighted by Gasteiger charge is 2.07. The molecule has 0 saturated heterocycles. The lowest BCUT2D eigenvalue weighted by molar-refractivity contribution is -0.111. The lowest BCUT2D eigenvalue weighted by Crippen LogP contribution is -2.22. The maximum Gasteiger partial charge on any atom is 0.251 e. The highest BCUT2D eigenvalue weighted by Crippen LogP contribution is 2.16. The van der Waals surface area contributed by atoms with Gasteiger partial charge in [0.2, 0.25) is 5.91 Å². The van der Waals surface area contributed by atoms with Gasteiger partial charge in [0.1, 0.15) is 0 Å². The van der Waals surface area contributed by atoms with Crippen LogP contribution in [0, 0.1) is 0 Å². The molecule has 0 saturated carbocycles. The van der Waals surface area contributed by atoms with Gasteiger partial charge < -0.3 is 10.6 Å². The summed E-state index contributed by atoms with van der Waals surface area (Å²) in [6.45, 7) is 0.441. The number of hydrogen-bond donors (Lipinski definition) is 2. The topological polar surface area (TPSA) is 58.2 Å². The van der Waals surface area contributed by atoms with Crippen LogP contribution in [-0.2, 0) is 11.3 Å². The Balaban J connectivity index is 1.60. The first kappa shape index (κ1) is 19.4. The van der Waals surface area contributed by atoms with Gasteiger partial charge in [-0.05, 0) is 41.5 Å². The van der Waals surface area contributed by atoms with Gasteiger partial charge in [-0.25, -0.2) is 0 Å². The normalized spacial score (nSPS) is 10.6. The second kappa shape index (κ2) is 9.53. The standard InChI is InChI=1S/C23H19ClN2O2/c24-21-12-5-4-9-18(21)13-14-22(27)26-20-11-6-10-19(15-20)23(28)25-16-17-7-2-1-3-8-17/h1-15H,16H2,(H,25,28)(H,26,27)/b14-13+. The van der Waals surface area contributed by atoms with E-state index in [1.165, 1.54) is 6.08 Å². The molecule has 0 radical (unpaired) electrons. The molecule has 0 fully saturated rings. The predicted molar refractivity (Wildman–Crippen MR) is 113 cm³/mol. The van der Waals surface area contributed by atoms with E-state index in [1.54, 1.807) is 36.4 Å². The lowest BCUT2D eigenvalue weighted by Gasteiger charge is -2.08. The fourth-order valence-electron chi connectivity index (χ4n) is 2.58. The third kappa shape index (κ3) is 5.56. The largest absolute Gasteiger partial charge is 0.348 e. The van der Waals surface area contributed by atoms with Crippen LogP contribution in [0.3, 0.4) is 0 Å². The van der Waals surface area contributed by atoms with Crippen LogP contribution < -0.4 is 10.6 Å². The summed E-state index contributed by atoms with van der Waals surface area (Å²) in [4.78, 5) is 24.5. The predicted octanol–water partition coefficient (Wildman–Crippen LogP) is 4.92. The first-order valence-electron chi connectivity index (χ1n) is 8.77. The van der Waals surface area contributed by atoms with E-state index >= 15 is 0 Å². The lowest BCUT2D eigenvalue weighted by atomic mass is 10.1. The third-order valence-corrected chi connectivity index (χ3v) is 4.35. The molecule has 2 N–H and O–H groups in total. The molecular weight excluding hydrogens is 372 g/mol. The summed E-state index contributed by atoms with van der Waals surface area (Å²) in [6, 6.07) is 23.7. The zero-order valence-electron chi connectivity index (χ0n) is 15.1. The maximum atomic E-state index is 12.4. The molecule has 4 nitrogen and oxygen atoms in total. The monoisotopic (exact) mass is 390 g/mol. The molecule has 140 valence electrons. The van der Waals surface area contributed by atoms with E-state index < -0.39 is 0 Å². The third-order valence-electron chi connectivity index (χ3n) is 4.01. The van der Waals surface area contributed by atoms with E-state index in [0.717, 1.165) is 11.1 Å². The number of carbonyl (C=O) groups is 2. The molecule has 28 heavy (non-hydrogen) atoms. The molecule has 3 rings (SSSR count). The summed E-state index contributed by atoms with van der Waals surface area (Å²) < 4.78 is 0. The molecule has 3 aromatic rings. The van der Waals surface area contributed by atoms with Gasteiger partial charge >= 0.3 is 0 Å². The summed E-state index contributed by atoms with van der Waals surface area (Å²) in [5.74, 6) is -0.506. The summed E-state index contributed by atoms with van der Waals surface area (Å²) in [5.41, 5.74) is 2.79. The van der Waals surface area contributed by atoms with Crippen LogP contribution in [0.1, 0.15) is 21.5 Å². The minimum Gasteiger partial charge on any atom is -0.348 e. The van der Waals surface area contributed by atoms with Crippen molar-refractivity contribution in [3.05, 3.63) is 107 Å². The molecule has 0 atom stereocenters. The Bertz CT molecular complexity index is 1000. The molecule has 2 amide bonds. The van der Waals surface area contributed by atoms with Gasteiger partial charge in [0.15, 0.2) is 0 Å². The average Bonchev–Trinajstić information content (AvgIpc) is 2.72. The van der Waals surface area contributed by atoms with Crippen LogP contribution in [0.5, 0.6) is 0 Å². The van der Waals surface area contributed by atoms with Gasteiger partial charge in [-0.1, -0.05) is 66.2 Å². The number of nitrogens with one attached hydrogen (secondary N) is 2. The average molecular weight is 391 g/mol. The quantitative estimate of drug-likeness (QED) is 0.587. The van der Waals surface area contributed by atoms with Gasteiger partial charge in [0, 0.05) is 28.9 Å². The zero-order chi connectivity index (χ0) is 19.8. The van der Waals surface area contributed by atoms with Gasteiger partial charge in [-0.15, -0.1) is 0 Å². The van der Waals surface area contributed by atoms with Crippen LogP contribution in [-0.4, -0.2) is 11.8 Å². The van der Waals surface area contributed by atoms with Crippen molar-refractivity contribution in [3.63, 3.8) is 0 Å². The summed E-state index contributed by atoms with van der Waals surface area (Å²) in [5, 5.41) is 6.19. The van der Waals surface area contributed by atoms with Crippen LogP contribution in [0.15, 0.2) is 84.9 Å². The number of carbonyl (C=O) groups excluding carboxylic acids is 2. The van der Waals surface area contributed by atoms with E-state index in [9.17, 15) is 9.59 Å². The van der Waals surface area contributed by atoms with Gasteiger partial charge in [-0.2, -0.15) is 0 Å². The second-order valence-corrected chi connectivity index (χ2v) is 6.50. The molecule has 0 aliphatic carbocycles. The Hall–Kier alpha value is -3.37. The van der Waals surface area contributed by atoms with Crippen LogP contribution in [0.4, 0.5) is 5.69 Å². The molecule has 0 spiro atoms. The summed E-state index contributed by atoms with van der Waals surface area (Å²) >= 11 is 6.07. The van der Waals surface area contributed by atoms with Crippen molar-refractivity contribution in [3.8, 4) is 0 Å². The van der Waals surface area contributed by atoms with Crippen LogP contribution in [0.2, 0.25) is 5.02 Å². The highest BCUT2D eigenvalue weighted by molar-refractivity contribution is 6.32. The van der Waals surface area contributed by atoms with Crippen molar-refractivity contribution < 1.29 is 9.59 Å². The summed E-state index contributed by atoms with van der Waals surface area (Å²) in [7, 11) is 0. The molecule has 0 aliphatic heterocycles. The zero-order valence-corrected chi connectivity index (χ0v) is 15.8. The van der Waals surface area contributed by atoms with Crippen molar-refractivity contribution in [1.82, 2.24) is 5.32 Å². The van der Waals surface area contributed by atoms with Gasteiger partial charge in [-0.3, -0.25) is 9.59 Å².